The number of rotatable bonds is 7. The average Bonchev–Trinajstić information content (AvgIpc) is 3.52. The molecule has 3 aromatic rings. The number of carbonyl (C=O) groups excluding carboxylic acids is 2. The summed E-state index contributed by atoms with van der Waals surface area (Å²) in [6.45, 7) is 10.0. The van der Waals surface area contributed by atoms with E-state index in [0.29, 0.717) is 17.0 Å². The molecule has 1 saturated carbocycles. The van der Waals surface area contributed by atoms with Crippen LogP contribution in [0.2, 0.25) is 0 Å². The molecule has 1 aromatic heterocycles. The second-order valence-electron chi connectivity index (χ2n) is 11.0. The van der Waals surface area contributed by atoms with Crippen LogP contribution in [-0.4, -0.2) is 25.0 Å². The highest BCUT2D eigenvalue weighted by Crippen LogP contribution is 2.34. The van der Waals surface area contributed by atoms with Gasteiger partial charge in [-0.2, -0.15) is 0 Å². The van der Waals surface area contributed by atoms with Crippen LogP contribution in [0.15, 0.2) is 59.0 Å². The fraction of sp³-hybridized carbons (Fsp3) is 0.419. The number of aryl methyl sites for hydroxylation is 2. The van der Waals surface area contributed by atoms with Gasteiger partial charge in [-0.1, -0.05) is 63.4 Å². The minimum atomic E-state index is -0.885. The van der Waals surface area contributed by atoms with Crippen LogP contribution in [-0.2, 0) is 10.2 Å². The predicted octanol–water partition coefficient (Wildman–Crippen LogP) is 6.65. The molecule has 0 spiro atoms. The van der Waals surface area contributed by atoms with Crippen molar-refractivity contribution >= 4 is 17.5 Å². The van der Waals surface area contributed by atoms with E-state index >= 15 is 0 Å². The van der Waals surface area contributed by atoms with Gasteiger partial charge in [0.2, 0.25) is 5.91 Å². The standard InChI is InChI=1S/C31H38N2O4/c1-20-11-15-24(16-12-20)33(30(35)28-21(2)19-26(37-28)31(3,4)5)27(22-13-17-25(36-6)18-14-22)29(34)32-23-9-7-8-10-23/h11-19,23,27H,7-10H2,1-6H3,(H,32,34)/t27-/m0/s1. The molecule has 1 heterocycles. The van der Waals surface area contributed by atoms with Crippen LogP contribution in [0.3, 0.4) is 0 Å². The Hall–Kier alpha value is -3.54. The number of benzene rings is 2. The van der Waals surface area contributed by atoms with E-state index in [9.17, 15) is 9.59 Å². The zero-order valence-corrected chi connectivity index (χ0v) is 22.8. The maximum Gasteiger partial charge on any atom is 0.295 e. The van der Waals surface area contributed by atoms with E-state index in [1.165, 1.54) is 0 Å². The minimum Gasteiger partial charge on any atom is -0.497 e. The third-order valence-electron chi connectivity index (χ3n) is 7.02. The fourth-order valence-corrected chi connectivity index (χ4v) is 4.82. The number of hydrogen-bond donors (Lipinski definition) is 1. The Kier molecular flexibility index (Phi) is 7.76. The molecule has 1 N–H and O–H groups in total. The van der Waals surface area contributed by atoms with Crippen molar-refractivity contribution in [1.82, 2.24) is 5.32 Å². The number of nitrogens with one attached hydrogen (secondary N) is 1. The largest absolute Gasteiger partial charge is 0.497 e. The first-order valence-corrected chi connectivity index (χ1v) is 13.0. The van der Waals surface area contributed by atoms with Gasteiger partial charge >= 0.3 is 0 Å². The van der Waals surface area contributed by atoms with Crippen LogP contribution >= 0.6 is 0 Å². The van der Waals surface area contributed by atoms with Crippen LogP contribution in [0.25, 0.3) is 0 Å². The van der Waals surface area contributed by atoms with Crippen molar-refractivity contribution in [2.24, 2.45) is 0 Å². The van der Waals surface area contributed by atoms with E-state index in [0.717, 1.165) is 42.6 Å². The Morgan fingerprint density at radius 1 is 1.00 bits per heavy atom. The SMILES string of the molecule is COc1ccc([C@@H](C(=O)NC2CCCC2)N(C(=O)c2oc(C(C)(C)C)cc2C)c2ccc(C)cc2)cc1. The van der Waals surface area contributed by atoms with Gasteiger partial charge in [0, 0.05) is 22.7 Å². The Morgan fingerprint density at radius 3 is 2.16 bits per heavy atom. The van der Waals surface area contributed by atoms with Crippen LogP contribution in [0.4, 0.5) is 5.69 Å². The Morgan fingerprint density at radius 2 is 1.62 bits per heavy atom. The number of furan rings is 1. The molecule has 37 heavy (non-hydrogen) atoms. The molecular formula is C31H38N2O4. The van der Waals surface area contributed by atoms with Crippen molar-refractivity contribution in [1.29, 1.82) is 0 Å². The van der Waals surface area contributed by atoms with Crippen LogP contribution < -0.4 is 15.0 Å². The second kappa shape index (κ2) is 10.8. The van der Waals surface area contributed by atoms with Gasteiger partial charge in [-0.3, -0.25) is 14.5 Å². The third kappa shape index (κ3) is 5.90. The molecule has 196 valence electrons. The van der Waals surface area contributed by atoms with Crippen molar-refractivity contribution in [3.8, 4) is 5.75 Å². The van der Waals surface area contributed by atoms with Gasteiger partial charge in [0.15, 0.2) is 5.76 Å². The lowest BCUT2D eigenvalue weighted by atomic mass is 9.93. The van der Waals surface area contributed by atoms with E-state index in [-0.39, 0.29) is 29.0 Å². The maximum atomic E-state index is 14.3. The second-order valence-corrected chi connectivity index (χ2v) is 11.0. The summed E-state index contributed by atoms with van der Waals surface area (Å²) in [6.07, 6.45) is 4.09. The predicted molar refractivity (Wildman–Crippen MR) is 146 cm³/mol. The highest BCUT2D eigenvalue weighted by molar-refractivity contribution is 6.09. The van der Waals surface area contributed by atoms with Crippen molar-refractivity contribution < 1.29 is 18.7 Å². The molecule has 4 rings (SSSR count). The smallest absolute Gasteiger partial charge is 0.295 e. The first-order chi connectivity index (χ1) is 17.6. The van der Waals surface area contributed by atoms with Crippen LogP contribution in [0.1, 0.15) is 85.5 Å². The number of anilines is 1. The normalized spacial score (nSPS) is 14.9. The highest BCUT2D eigenvalue weighted by Gasteiger charge is 2.37. The molecule has 2 aromatic carbocycles. The van der Waals surface area contributed by atoms with Gasteiger partial charge in [0.1, 0.15) is 17.6 Å². The van der Waals surface area contributed by atoms with Gasteiger partial charge in [0.25, 0.3) is 5.91 Å². The summed E-state index contributed by atoms with van der Waals surface area (Å²) < 4.78 is 11.5. The first-order valence-electron chi connectivity index (χ1n) is 13.0. The number of hydrogen-bond acceptors (Lipinski definition) is 4. The summed E-state index contributed by atoms with van der Waals surface area (Å²) in [7, 11) is 1.61. The molecular weight excluding hydrogens is 464 g/mol. The molecule has 6 heteroatoms. The summed E-state index contributed by atoms with van der Waals surface area (Å²) in [5.74, 6) is 1.11. The van der Waals surface area contributed by atoms with Crippen molar-refractivity contribution in [2.75, 3.05) is 12.0 Å². The van der Waals surface area contributed by atoms with Crippen LogP contribution in [0, 0.1) is 13.8 Å². The topological polar surface area (TPSA) is 71.8 Å². The zero-order chi connectivity index (χ0) is 26.7. The lowest BCUT2D eigenvalue weighted by Crippen LogP contribution is -2.46. The lowest BCUT2D eigenvalue weighted by Gasteiger charge is -2.32. The van der Waals surface area contributed by atoms with Gasteiger partial charge in [-0.05, 0) is 62.6 Å². The molecule has 1 fully saturated rings. The summed E-state index contributed by atoms with van der Waals surface area (Å²) in [6, 6.07) is 16.1. The zero-order valence-electron chi connectivity index (χ0n) is 22.8. The van der Waals surface area contributed by atoms with E-state index in [2.05, 4.69) is 5.32 Å². The molecule has 1 aliphatic rings. The van der Waals surface area contributed by atoms with Crippen molar-refractivity contribution in [3.05, 3.63) is 82.8 Å². The summed E-state index contributed by atoms with van der Waals surface area (Å²) in [4.78, 5) is 29.8. The van der Waals surface area contributed by atoms with E-state index in [4.69, 9.17) is 9.15 Å². The fourth-order valence-electron chi connectivity index (χ4n) is 4.82. The molecule has 0 saturated heterocycles. The molecule has 6 nitrogen and oxygen atoms in total. The minimum absolute atomic E-state index is 0.112. The molecule has 0 aliphatic heterocycles. The first kappa shape index (κ1) is 26.5. The summed E-state index contributed by atoms with van der Waals surface area (Å²) >= 11 is 0. The summed E-state index contributed by atoms with van der Waals surface area (Å²) in [5, 5.41) is 3.22. The van der Waals surface area contributed by atoms with E-state index in [1.54, 1.807) is 12.0 Å². The quantitative estimate of drug-likeness (QED) is 0.393. The average molecular weight is 503 g/mol. The Bertz CT molecular complexity index is 1230. The molecule has 0 unspecified atom stereocenters. The Labute approximate surface area is 220 Å². The van der Waals surface area contributed by atoms with Crippen molar-refractivity contribution in [2.45, 2.75) is 77.8 Å². The molecule has 0 bridgehead atoms. The number of carbonyl (C=O) groups is 2. The highest BCUT2D eigenvalue weighted by atomic mass is 16.5. The number of nitrogens with zero attached hydrogens (tertiary/aromatic N) is 1. The maximum absolute atomic E-state index is 14.3. The van der Waals surface area contributed by atoms with Gasteiger partial charge < -0.3 is 14.5 Å². The monoisotopic (exact) mass is 502 g/mol. The van der Waals surface area contributed by atoms with Crippen LogP contribution in [0.5, 0.6) is 5.75 Å². The lowest BCUT2D eigenvalue weighted by molar-refractivity contribution is -0.123. The summed E-state index contributed by atoms with van der Waals surface area (Å²) in [5.41, 5.74) is 2.89. The van der Waals surface area contributed by atoms with Gasteiger partial charge in [0.05, 0.1) is 7.11 Å². The number of ether oxygens (including phenoxy) is 1. The number of amides is 2. The van der Waals surface area contributed by atoms with Gasteiger partial charge in [-0.15, -0.1) is 0 Å². The molecule has 0 radical (unpaired) electrons. The van der Waals surface area contributed by atoms with Crippen molar-refractivity contribution in [3.63, 3.8) is 0 Å². The van der Waals surface area contributed by atoms with E-state index in [1.807, 2.05) is 89.2 Å². The molecule has 1 aliphatic carbocycles. The molecule has 2 amide bonds. The molecule has 1 atom stereocenters. The third-order valence-corrected chi connectivity index (χ3v) is 7.02. The van der Waals surface area contributed by atoms with Gasteiger partial charge in [-0.25, -0.2) is 0 Å². The Balaban J connectivity index is 1.84. The number of methoxy groups -OCH3 is 1. The van der Waals surface area contributed by atoms with E-state index < -0.39 is 6.04 Å².